The van der Waals surface area contributed by atoms with E-state index in [-0.39, 0.29) is 10.1 Å². The summed E-state index contributed by atoms with van der Waals surface area (Å²) in [6.45, 7) is 5.93. The Balaban J connectivity index is 3.54. The van der Waals surface area contributed by atoms with Crippen molar-refractivity contribution in [1.29, 1.82) is 0 Å². The first-order valence-corrected chi connectivity index (χ1v) is 3.19. The van der Waals surface area contributed by atoms with E-state index in [0.29, 0.717) is 0 Å². The summed E-state index contributed by atoms with van der Waals surface area (Å²) in [5.41, 5.74) is 0. The predicted octanol–water partition coefficient (Wildman–Crippen LogP) is 2.32. The summed E-state index contributed by atoms with van der Waals surface area (Å²) in [5, 5.41) is 0.135. The van der Waals surface area contributed by atoms with Crippen molar-refractivity contribution in [3.8, 4) is 0 Å². The highest BCUT2D eigenvalue weighted by atomic mass is 35.5. The number of thiol groups is 1. The van der Waals surface area contributed by atoms with Gasteiger partial charge in [0.1, 0.15) is 0 Å². The van der Waals surface area contributed by atoms with E-state index in [1.165, 1.54) is 0 Å². The van der Waals surface area contributed by atoms with Crippen molar-refractivity contribution in [2.75, 3.05) is 0 Å². The van der Waals surface area contributed by atoms with Gasteiger partial charge in [-0.3, -0.25) is 0 Å². The van der Waals surface area contributed by atoms with E-state index >= 15 is 0 Å². The van der Waals surface area contributed by atoms with Crippen LogP contribution in [0.2, 0.25) is 0 Å². The molecule has 0 aliphatic heterocycles. The lowest BCUT2D eigenvalue weighted by molar-refractivity contribution is 0.700. The summed E-state index contributed by atoms with van der Waals surface area (Å²) in [4.78, 5) is 0. The second-order valence-electron chi connectivity index (χ2n) is 2.27. The SMILES string of the molecule is CC(Cl)C(C)(C)S. The molecule has 0 spiro atoms. The zero-order valence-corrected chi connectivity index (χ0v) is 6.55. The molecule has 0 aliphatic carbocycles. The van der Waals surface area contributed by atoms with Gasteiger partial charge in [0.05, 0.1) is 0 Å². The lowest BCUT2D eigenvalue weighted by Gasteiger charge is -2.19. The van der Waals surface area contributed by atoms with Crippen molar-refractivity contribution in [1.82, 2.24) is 0 Å². The molecule has 2 heteroatoms. The Morgan fingerprint density at radius 1 is 1.57 bits per heavy atom. The van der Waals surface area contributed by atoms with Gasteiger partial charge in [-0.2, -0.15) is 12.6 Å². The number of alkyl halides is 1. The van der Waals surface area contributed by atoms with Gasteiger partial charge in [-0.25, -0.2) is 0 Å². The number of hydrogen-bond donors (Lipinski definition) is 1. The van der Waals surface area contributed by atoms with E-state index in [1.807, 2.05) is 20.8 Å². The lowest BCUT2D eigenvalue weighted by atomic mass is 10.1. The largest absolute Gasteiger partial charge is 0.172 e. The smallest absolute Gasteiger partial charge is 0.0446 e. The summed E-state index contributed by atoms with van der Waals surface area (Å²) >= 11 is 9.90. The van der Waals surface area contributed by atoms with Crippen molar-refractivity contribution in [2.45, 2.75) is 30.9 Å². The van der Waals surface area contributed by atoms with E-state index in [2.05, 4.69) is 12.6 Å². The molecule has 1 unspecified atom stereocenters. The fraction of sp³-hybridized carbons (Fsp3) is 1.00. The Hall–Kier alpha value is 0.640. The molecule has 0 heterocycles. The minimum atomic E-state index is -0.0401. The lowest BCUT2D eigenvalue weighted by Crippen LogP contribution is -2.21. The number of rotatable bonds is 1. The fourth-order valence-electron chi connectivity index (χ4n) is 0. The third-order valence-corrected chi connectivity index (χ3v) is 2.06. The van der Waals surface area contributed by atoms with E-state index in [0.717, 1.165) is 0 Å². The maximum atomic E-state index is 5.68. The zero-order valence-electron chi connectivity index (χ0n) is 4.90. The number of hydrogen-bond acceptors (Lipinski definition) is 1. The molecular formula is C5H11ClS. The van der Waals surface area contributed by atoms with Crippen LogP contribution in [-0.2, 0) is 0 Å². The number of halogens is 1. The van der Waals surface area contributed by atoms with E-state index < -0.39 is 0 Å². The molecule has 0 saturated carbocycles. The third-order valence-electron chi connectivity index (χ3n) is 0.973. The average molecular weight is 139 g/mol. The van der Waals surface area contributed by atoms with Crippen molar-refractivity contribution in [2.24, 2.45) is 0 Å². The third kappa shape index (κ3) is 3.24. The molecule has 44 valence electrons. The van der Waals surface area contributed by atoms with Gasteiger partial charge in [0.2, 0.25) is 0 Å². The van der Waals surface area contributed by atoms with Crippen LogP contribution >= 0.6 is 24.2 Å². The molecule has 0 aromatic rings. The Kier molecular flexibility index (Phi) is 2.48. The monoisotopic (exact) mass is 138 g/mol. The van der Waals surface area contributed by atoms with Crippen molar-refractivity contribution in [3.05, 3.63) is 0 Å². The van der Waals surface area contributed by atoms with Crippen molar-refractivity contribution >= 4 is 24.2 Å². The van der Waals surface area contributed by atoms with Crippen LogP contribution in [-0.4, -0.2) is 10.1 Å². The molecule has 0 amide bonds. The topological polar surface area (TPSA) is 0 Å². The molecule has 0 rings (SSSR count). The highest BCUT2D eigenvalue weighted by Gasteiger charge is 2.17. The predicted molar refractivity (Wildman–Crippen MR) is 38.4 cm³/mol. The van der Waals surface area contributed by atoms with Crippen LogP contribution in [0.5, 0.6) is 0 Å². The molecule has 0 saturated heterocycles. The van der Waals surface area contributed by atoms with Crippen LogP contribution < -0.4 is 0 Å². The molecular weight excluding hydrogens is 128 g/mol. The summed E-state index contributed by atoms with van der Waals surface area (Å²) in [6.07, 6.45) is 0. The van der Waals surface area contributed by atoms with E-state index in [9.17, 15) is 0 Å². The van der Waals surface area contributed by atoms with Gasteiger partial charge >= 0.3 is 0 Å². The minimum Gasteiger partial charge on any atom is -0.172 e. The van der Waals surface area contributed by atoms with Crippen LogP contribution in [0.4, 0.5) is 0 Å². The molecule has 0 aromatic heterocycles. The molecule has 0 aromatic carbocycles. The molecule has 0 nitrogen and oxygen atoms in total. The highest BCUT2D eigenvalue weighted by molar-refractivity contribution is 7.81. The van der Waals surface area contributed by atoms with Gasteiger partial charge in [-0.05, 0) is 20.8 Å². The van der Waals surface area contributed by atoms with Crippen LogP contribution in [0.15, 0.2) is 0 Å². The molecule has 0 radical (unpaired) electrons. The molecule has 0 aliphatic rings. The quantitative estimate of drug-likeness (QED) is 0.417. The van der Waals surface area contributed by atoms with Crippen LogP contribution in [0.1, 0.15) is 20.8 Å². The van der Waals surface area contributed by atoms with Gasteiger partial charge < -0.3 is 0 Å². The van der Waals surface area contributed by atoms with Crippen molar-refractivity contribution in [3.63, 3.8) is 0 Å². The van der Waals surface area contributed by atoms with Crippen LogP contribution in [0, 0.1) is 0 Å². The maximum Gasteiger partial charge on any atom is 0.0446 e. The Bertz CT molecular complexity index is 53.6. The summed E-state index contributed by atoms with van der Waals surface area (Å²) in [5.74, 6) is 0. The van der Waals surface area contributed by atoms with E-state index in [4.69, 9.17) is 11.6 Å². The van der Waals surface area contributed by atoms with Crippen LogP contribution in [0.3, 0.4) is 0 Å². The fourth-order valence-corrected chi connectivity index (χ4v) is 0. The Labute approximate surface area is 55.7 Å². The minimum absolute atomic E-state index is 0.0401. The Morgan fingerprint density at radius 3 is 1.71 bits per heavy atom. The molecule has 0 N–H and O–H groups in total. The highest BCUT2D eigenvalue weighted by Crippen LogP contribution is 2.21. The second kappa shape index (κ2) is 2.27. The van der Waals surface area contributed by atoms with Gasteiger partial charge in [-0.1, -0.05) is 0 Å². The molecule has 7 heavy (non-hydrogen) atoms. The van der Waals surface area contributed by atoms with Crippen molar-refractivity contribution < 1.29 is 0 Å². The Morgan fingerprint density at radius 2 is 1.71 bits per heavy atom. The van der Waals surface area contributed by atoms with Gasteiger partial charge in [0, 0.05) is 10.1 Å². The van der Waals surface area contributed by atoms with E-state index in [1.54, 1.807) is 0 Å². The standard InChI is InChI=1S/C5H11ClS/c1-4(6)5(2,3)7/h4,7H,1-3H3. The first-order chi connectivity index (χ1) is 2.94. The first kappa shape index (κ1) is 7.64. The second-order valence-corrected chi connectivity index (χ2v) is 4.08. The van der Waals surface area contributed by atoms with Gasteiger partial charge in [-0.15, -0.1) is 11.6 Å². The summed E-state index contributed by atoms with van der Waals surface area (Å²) < 4.78 is -0.0401. The normalized spacial score (nSPS) is 16.7. The first-order valence-electron chi connectivity index (χ1n) is 2.31. The molecule has 1 atom stereocenters. The zero-order chi connectivity index (χ0) is 6.08. The summed E-state index contributed by atoms with van der Waals surface area (Å²) in [6, 6.07) is 0. The molecule has 0 bridgehead atoms. The maximum absolute atomic E-state index is 5.68. The molecule has 0 fully saturated rings. The van der Waals surface area contributed by atoms with Gasteiger partial charge in [0.25, 0.3) is 0 Å². The van der Waals surface area contributed by atoms with Crippen LogP contribution in [0.25, 0.3) is 0 Å². The average Bonchev–Trinajstić information content (AvgIpc) is 1.31. The summed E-state index contributed by atoms with van der Waals surface area (Å²) in [7, 11) is 0. The van der Waals surface area contributed by atoms with Gasteiger partial charge in [0.15, 0.2) is 0 Å².